The van der Waals surface area contributed by atoms with Crippen LogP contribution in [0.15, 0.2) is 47.7 Å². The van der Waals surface area contributed by atoms with Crippen LogP contribution in [0, 0.1) is 0 Å². The monoisotopic (exact) mass is 336 g/mol. The summed E-state index contributed by atoms with van der Waals surface area (Å²) in [7, 11) is 0. The van der Waals surface area contributed by atoms with Gasteiger partial charge in [0, 0.05) is 54.1 Å². The van der Waals surface area contributed by atoms with Crippen molar-refractivity contribution < 1.29 is 4.79 Å². The molecule has 24 heavy (non-hydrogen) atoms. The van der Waals surface area contributed by atoms with Crippen LogP contribution >= 0.6 is 11.3 Å². The number of carbonyl (C=O) groups is 1. The fraction of sp³-hybridized carbons (Fsp3) is 0.222. The molecule has 0 unspecified atom stereocenters. The van der Waals surface area contributed by atoms with E-state index in [1.54, 1.807) is 23.9 Å². The molecule has 0 bridgehead atoms. The lowest BCUT2D eigenvalue weighted by molar-refractivity contribution is 0.0763. The summed E-state index contributed by atoms with van der Waals surface area (Å²) in [6, 6.07) is 5.80. The summed E-state index contributed by atoms with van der Waals surface area (Å²) in [6.07, 6.45) is 6.70. The highest BCUT2D eigenvalue weighted by Crippen LogP contribution is 2.25. The molecule has 0 fully saturated rings. The first kappa shape index (κ1) is 15.0. The van der Waals surface area contributed by atoms with Crippen molar-refractivity contribution in [3.8, 4) is 11.3 Å². The molecular weight excluding hydrogens is 320 g/mol. The molecule has 0 saturated carbocycles. The van der Waals surface area contributed by atoms with Crippen LogP contribution in [-0.2, 0) is 12.8 Å². The molecule has 0 saturated heterocycles. The highest BCUT2D eigenvalue weighted by molar-refractivity contribution is 7.08. The summed E-state index contributed by atoms with van der Waals surface area (Å²) in [5, 5.41) is 3.84. The zero-order valence-corrected chi connectivity index (χ0v) is 13.9. The number of rotatable bonds is 2. The minimum Gasteiger partial charge on any atom is -0.338 e. The molecule has 1 amide bonds. The van der Waals surface area contributed by atoms with Gasteiger partial charge in [-0.15, -0.1) is 0 Å². The normalized spacial score (nSPS) is 14.1. The quantitative estimate of drug-likeness (QED) is 0.722. The van der Waals surface area contributed by atoms with Gasteiger partial charge < -0.3 is 4.90 Å². The molecule has 120 valence electrons. The third-order valence-electron chi connectivity index (χ3n) is 4.28. The first-order valence-corrected chi connectivity index (χ1v) is 8.82. The molecule has 1 aliphatic rings. The van der Waals surface area contributed by atoms with E-state index in [0.29, 0.717) is 13.1 Å². The molecule has 0 aliphatic carbocycles. The van der Waals surface area contributed by atoms with Gasteiger partial charge in [0.25, 0.3) is 5.91 Å². The summed E-state index contributed by atoms with van der Waals surface area (Å²) >= 11 is 1.55. The average molecular weight is 336 g/mol. The molecule has 0 radical (unpaired) electrons. The number of pyridine rings is 1. The minimum atomic E-state index is 0.0972. The second-order valence-corrected chi connectivity index (χ2v) is 6.47. The van der Waals surface area contributed by atoms with Crippen molar-refractivity contribution in [2.45, 2.75) is 12.8 Å². The molecule has 0 atom stereocenters. The molecule has 0 aromatic carbocycles. The summed E-state index contributed by atoms with van der Waals surface area (Å²) in [6.45, 7) is 1.37. The molecule has 4 rings (SSSR count). The number of amides is 1. The van der Waals surface area contributed by atoms with Gasteiger partial charge in [0.05, 0.1) is 11.3 Å². The van der Waals surface area contributed by atoms with Gasteiger partial charge in [-0.2, -0.15) is 11.3 Å². The standard InChI is InChI=1S/C18H16N4OS/c23-18(14-5-9-24-11-14)22-7-3-15-16(4-8-22)20-12-21-17(15)13-2-1-6-19-10-13/h1-2,5-6,9-12H,3-4,7-8H2. The summed E-state index contributed by atoms with van der Waals surface area (Å²) in [5.41, 5.74) is 4.85. The van der Waals surface area contributed by atoms with Gasteiger partial charge in [0.2, 0.25) is 0 Å². The number of fused-ring (bicyclic) bond motifs is 1. The van der Waals surface area contributed by atoms with E-state index in [9.17, 15) is 4.79 Å². The molecule has 1 aliphatic heterocycles. The van der Waals surface area contributed by atoms with Crippen molar-refractivity contribution in [2.24, 2.45) is 0 Å². The van der Waals surface area contributed by atoms with Crippen molar-refractivity contribution in [1.82, 2.24) is 19.9 Å². The van der Waals surface area contributed by atoms with Crippen molar-refractivity contribution in [3.63, 3.8) is 0 Å². The highest BCUT2D eigenvalue weighted by Gasteiger charge is 2.23. The van der Waals surface area contributed by atoms with Crippen LogP contribution in [0.2, 0.25) is 0 Å². The lowest BCUT2D eigenvalue weighted by atomic mass is 10.0. The lowest BCUT2D eigenvalue weighted by Gasteiger charge is -2.19. The van der Waals surface area contributed by atoms with Crippen LogP contribution < -0.4 is 0 Å². The zero-order chi connectivity index (χ0) is 16.4. The Morgan fingerprint density at radius 1 is 1.17 bits per heavy atom. The SMILES string of the molecule is O=C(c1ccsc1)N1CCc2ncnc(-c3cccnc3)c2CC1. The largest absolute Gasteiger partial charge is 0.338 e. The Balaban J connectivity index is 1.63. The molecule has 5 nitrogen and oxygen atoms in total. The van der Waals surface area contributed by atoms with Gasteiger partial charge in [0.15, 0.2) is 0 Å². The van der Waals surface area contributed by atoms with E-state index in [2.05, 4.69) is 15.0 Å². The van der Waals surface area contributed by atoms with E-state index < -0.39 is 0 Å². The topological polar surface area (TPSA) is 59.0 Å². The molecule has 0 N–H and O–H groups in total. The van der Waals surface area contributed by atoms with E-state index in [1.165, 1.54) is 0 Å². The molecule has 6 heteroatoms. The van der Waals surface area contributed by atoms with Crippen LogP contribution in [-0.4, -0.2) is 38.8 Å². The second kappa shape index (κ2) is 6.49. The van der Waals surface area contributed by atoms with Gasteiger partial charge in [-0.05, 0) is 30.0 Å². The fourth-order valence-electron chi connectivity index (χ4n) is 3.05. The average Bonchev–Trinajstić information content (AvgIpc) is 3.08. The predicted molar refractivity (Wildman–Crippen MR) is 92.9 cm³/mol. The first-order valence-electron chi connectivity index (χ1n) is 7.87. The Hall–Kier alpha value is -2.60. The van der Waals surface area contributed by atoms with Crippen molar-refractivity contribution >= 4 is 17.2 Å². The van der Waals surface area contributed by atoms with Gasteiger partial charge in [-0.25, -0.2) is 9.97 Å². The number of thiophene rings is 1. The molecule has 0 spiro atoms. The Bertz CT molecular complexity index is 849. The molecule has 3 aromatic rings. The van der Waals surface area contributed by atoms with Crippen LogP contribution in [0.3, 0.4) is 0 Å². The second-order valence-electron chi connectivity index (χ2n) is 5.69. The van der Waals surface area contributed by atoms with Gasteiger partial charge >= 0.3 is 0 Å². The maximum absolute atomic E-state index is 12.6. The van der Waals surface area contributed by atoms with Gasteiger partial charge in [0.1, 0.15) is 6.33 Å². The van der Waals surface area contributed by atoms with E-state index in [1.807, 2.05) is 40.1 Å². The van der Waals surface area contributed by atoms with Gasteiger partial charge in [-0.3, -0.25) is 9.78 Å². The maximum atomic E-state index is 12.6. The molecular formula is C18H16N4OS. The Kier molecular flexibility index (Phi) is 4.04. The van der Waals surface area contributed by atoms with Crippen LogP contribution in [0.5, 0.6) is 0 Å². The number of aromatic nitrogens is 3. The number of carbonyl (C=O) groups excluding carboxylic acids is 1. The van der Waals surface area contributed by atoms with Crippen LogP contribution in [0.1, 0.15) is 21.6 Å². The molecule has 3 aromatic heterocycles. The lowest BCUT2D eigenvalue weighted by Crippen LogP contribution is -2.33. The minimum absolute atomic E-state index is 0.0972. The molecule has 4 heterocycles. The number of hydrogen-bond acceptors (Lipinski definition) is 5. The maximum Gasteiger partial charge on any atom is 0.254 e. The van der Waals surface area contributed by atoms with E-state index in [4.69, 9.17) is 0 Å². The van der Waals surface area contributed by atoms with Crippen LogP contribution in [0.4, 0.5) is 0 Å². The summed E-state index contributed by atoms with van der Waals surface area (Å²) < 4.78 is 0. The highest BCUT2D eigenvalue weighted by atomic mass is 32.1. The predicted octanol–water partition coefficient (Wildman–Crippen LogP) is 2.84. The third-order valence-corrected chi connectivity index (χ3v) is 4.96. The first-order chi connectivity index (χ1) is 11.8. The Morgan fingerprint density at radius 3 is 2.88 bits per heavy atom. The van der Waals surface area contributed by atoms with Crippen molar-refractivity contribution in [1.29, 1.82) is 0 Å². The number of nitrogens with zero attached hydrogens (tertiary/aromatic N) is 4. The number of hydrogen-bond donors (Lipinski definition) is 0. The van der Waals surface area contributed by atoms with Crippen LogP contribution in [0.25, 0.3) is 11.3 Å². The van der Waals surface area contributed by atoms with Gasteiger partial charge in [-0.1, -0.05) is 0 Å². The Morgan fingerprint density at radius 2 is 2.08 bits per heavy atom. The Labute approximate surface area is 144 Å². The summed E-state index contributed by atoms with van der Waals surface area (Å²) in [4.78, 5) is 27.6. The smallest absolute Gasteiger partial charge is 0.254 e. The van der Waals surface area contributed by atoms with Crippen molar-refractivity contribution in [2.75, 3.05) is 13.1 Å². The van der Waals surface area contributed by atoms with E-state index >= 15 is 0 Å². The third kappa shape index (κ3) is 2.80. The van der Waals surface area contributed by atoms with Crippen molar-refractivity contribution in [3.05, 3.63) is 64.5 Å². The fourth-order valence-corrected chi connectivity index (χ4v) is 3.68. The summed E-state index contributed by atoms with van der Waals surface area (Å²) in [5.74, 6) is 0.0972. The van der Waals surface area contributed by atoms with E-state index in [-0.39, 0.29) is 5.91 Å². The zero-order valence-electron chi connectivity index (χ0n) is 13.1. The van der Waals surface area contributed by atoms with E-state index in [0.717, 1.165) is 40.9 Å².